The third-order valence-corrected chi connectivity index (χ3v) is 7.41. The first-order chi connectivity index (χ1) is 19.2. The van der Waals surface area contributed by atoms with E-state index in [-0.39, 0.29) is 17.6 Å². The van der Waals surface area contributed by atoms with Crippen molar-refractivity contribution in [3.05, 3.63) is 47.2 Å². The lowest BCUT2D eigenvalue weighted by molar-refractivity contribution is -0.122. The van der Waals surface area contributed by atoms with Gasteiger partial charge in [-0.25, -0.2) is 4.98 Å². The topological polar surface area (TPSA) is 84.9 Å². The molecule has 2 fully saturated rings. The second-order valence-electron chi connectivity index (χ2n) is 10.7. The molecule has 2 aromatic heterocycles. The van der Waals surface area contributed by atoms with E-state index in [4.69, 9.17) is 24.2 Å². The maximum Gasteiger partial charge on any atom is 0.320 e. The third kappa shape index (κ3) is 6.26. The lowest BCUT2D eigenvalue weighted by Crippen LogP contribution is -2.36. The Hall–Kier alpha value is -3.15. The number of benzene rings is 1. The minimum atomic E-state index is -3.06. The summed E-state index contributed by atoms with van der Waals surface area (Å²) in [6, 6.07) is 8.46. The molecule has 1 unspecified atom stereocenters. The number of hydrogen-bond donors (Lipinski definition) is 1. The number of hydrogen-bond acceptors (Lipinski definition) is 9. The molecule has 216 valence electrons. The van der Waals surface area contributed by atoms with Crippen molar-refractivity contribution in [1.29, 1.82) is 0 Å². The molecular weight excluding hydrogens is 518 g/mol. The summed E-state index contributed by atoms with van der Waals surface area (Å²) in [5.41, 5.74) is 3.03. The first kappa shape index (κ1) is 28.4. The number of nitrogens with one attached hydrogen (secondary N) is 1. The minimum Gasteiger partial charge on any atom is -0.462 e. The van der Waals surface area contributed by atoms with Gasteiger partial charge < -0.3 is 29.3 Å². The number of fused-ring (bicyclic) bond motifs is 1. The Morgan fingerprint density at radius 1 is 1.15 bits per heavy atom. The fourth-order valence-corrected chi connectivity index (χ4v) is 5.08. The maximum absolute atomic E-state index is 15.2. The Bertz CT molecular complexity index is 1310. The summed E-state index contributed by atoms with van der Waals surface area (Å²) in [6.45, 7) is 8.23. The Labute approximate surface area is 233 Å². The number of anilines is 2. The van der Waals surface area contributed by atoms with E-state index in [0.29, 0.717) is 62.8 Å². The van der Waals surface area contributed by atoms with Gasteiger partial charge in [0.25, 0.3) is 5.92 Å². The molecule has 0 spiro atoms. The lowest BCUT2D eigenvalue weighted by atomic mass is 9.97. The molecular formula is C29H38F2N6O3. The number of aryl methyl sites for hydroxylation is 1. The van der Waals surface area contributed by atoms with Gasteiger partial charge in [-0.1, -0.05) is 18.2 Å². The number of likely N-dealkylation sites (N-methyl/N-ethyl adjacent to an activating group) is 1. The van der Waals surface area contributed by atoms with Crippen LogP contribution in [0.2, 0.25) is 0 Å². The monoisotopic (exact) mass is 556 g/mol. The zero-order valence-electron chi connectivity index (χ0n) is 23.6. The maximum atomic E-state index is 15.2. The predicted molar refractivity (Wildman–Crippen MR) is 150 cm³/mol. The van der Waals surface area contributed by atoms with Crippen LogP contribution in [0.15, 0.2) is 30.3 Å². The van der Waals surface area contributed by atoms with Gasteiger partial charge in [0.05, 0.1) is 30.0 Å². The number of ether oxygens (including phenoxy) is 3. The normalized spacial score (nSPS) is 18.9. The first-order valence-corrected chi connectivity index (χ1v) is 13.9. The van der Waals surface area contributed by atoms with Gasteiger partial charge in [-0.3, -0.25) is 0 Å². The molecule has 0 saturated carbocycles. The summed E-state index contributed by atoms with van der Waals surface area (Å²) >= 11 is 0. The molecule has 2 aliphatic rings. The number of alkyl halides is 2. The summed E-state index contributed by atoms with van der Waals surface area (Å²) < 4.78 is 47.2. The molecule has 11 heteroatoms. The van der Waals surface area contributed by atoms with Crippen molar-refractivity contribution < 1.29 is 23.0 Å². The number of aromatic nitrogens is 3. The van der Waals surface area contributed by atoms with Gasteiger partial charge in [-0.05, 0) is 58.5 Å². The number of pyridine rings is 1. The zero-order valence-corrected chi connectivity index (χ0v) is 23.6. The van der Waals surface area contributed by atoms with E-state index in [1.807, 2.05) is 45.0 Å². The summed E-state index contributed by atoms with van der Waals surface area (Å²) in [5.74, 6) is -2.52. The molecule has 2 aliphatic heterocycles. The zero-order chi connectivity index (χ0) is 28.3. The molecule has 4 heterocycles. The molecule has 0 radical (unpaired) electrons. The van der Waals surface area contributed by atoms with Crippen molar-refractivity contribution >= 4 is 22.5 Å². The largest absolute Gasteiger partial charge is 0.462 e. The van der Waals surface area contributed by atoms with Crippen molar-refractivity contribution in [1.82, 2.24) is 19.9 Å². The fourth-order valence-electron chi connectivity index (χ4n) is 5.08. The van der Waals surface area contributed by atoms with E-state index >= 15 is 8.78 Å². The van der Waals surface area contributed by atoms with Crippen molar-refractivity contribution in [3.63, 3.8) is 0 Å². The SMILES string of the molecule is Cc1nc2nc(OCCN(C)C)nc(N[C@H](C)c3cccc(C(F)(F)C4CCCO4)c3)c2cc1N1CCOCC1. The van der Waals surface area contributed by atoms with Crippen molar-refractivity contribution in [3.8, 4) is 6.01 Å². The van der Waals surface area contributed by atoms with Gasteiger partial charge in [-0.2, -0.15) is 18.7 Å². The molecule has 0 aliphatic carbocycles. The van der Waals surface area contributed by atoms with E-state index < -0.39 is 12.0 Å². The van der Waals surface area contributed by atoms with Crippen LogP contribution < -0.4 is 15.0 Å². The van der Waals surface area contributed by atoms with Gasteiger partial charge in [0.2, 0.25) is 0 Å². The van der Waals surface area contributed by atoms with Crippen LogP contribution in [0, 0.1) is 6.92 Å². The average molecular weight is 557 g/mol. The van der Waals surface area contributed by atoms with E-state index in [0.717, 1.165) is 29.9 Å². The number of nitrogens with zero attached hydrogens (tertiary/aromatic N) is 5. The fraction of sp³-hybridized carbons (Fsp3) is 0.552. The smallest absolute Gasteiger partial charge is 0.320 e. The number of halogens is 2. The number of rotatable bonds is 10. The highest BCUT2D eigenvalue weighted by Gasteiger charge is 2.44. The first-order valence-electron chi connectivity index (χ1n) is 13.9. The minimum absolute atomic E-state index is 0.0438. The Balaban J connectivity index is 1.47. The van der Waals surface area contributed by atoms with Gasteiger partial charge in [0.1, 0.15) is 18.5 Å². The molecule has 1 N–H and O–H groups in total. The van der Waals surface area contributed by atoms with Gasteiger partial charge in [0, 0.05) is 37.8 Å². The summed E-state index contributed by atoms with van der Waals surface area (Å²) in [5, 5.41) is 4.17. The highest BCUT2D eigenvalue weighted by molar-refractivity contribution is 5.90. The highest BCUT2D eigenvalue weighted by Crippen LogP contribution is 2.39. The molecule has 0 bridgehead atoms. The second kappa shape index (κ2) is 12.2. The second-order valence-corrected chi connectivity index (χ2v) is 10.7. The molecule has 40 heavy (non-hydrogen) atoms. The predicted octanol–water partition coefficient (Wildman–Crippen LogP) is 4.55. The summed E-state index contributed by atoms with van der Waals surface area (Å²) in [6.07, 6.45) is -0.0871. The summed E-state index contributed by atoms with van der Waals surface area (Å²) in [4.78, 5) is 18.4. The van der Waals surface area contributed by atoms with Gasteiger partial charge in [-0.15, -0.1) is 0 Å². The molecule has 0 amide bonds. The standard InChI is InChI=1S/C29H38F2N6O3/c1-19(21-7-5-8-22(17-21)29(30,31)25-9-6-13-39-25)32-26-23-18-24(37-11-14-38-15-12-37)20(2)33-27(23)35-28(34-26)40-16-10-36(3)4/h5,7-8,17-19,25H,6,9-16H2,1-4H3,(H,32,33,34,35)/t19-,25?/m1/s1. The Morgan fingerprint density at radius 3 is 2.67 bits per heavy atom. The Morgan fingerprint density at radius 2 is 1.95 bits per heavy atom. The quantitative estimate of drug-likeness (QED) is 0.387. The van der Waals surface area contributed by atoms with Crippen molar-refractivity contribution in [2.24, 2.45) is 0 Å². The highest BCUT2D eigenvalue weighted by atomic mass is 19.3. The van der Waals surface area contributed by atoms with Crippen molar-refractivity contribution in [2.45, 2.75) is 44.8 Å². The van der Waals surface area contributed by atoms with E-state index in [1.165, 1.54) is 6.07 Å². The van der Waals surface area contributed by atoms with E-state index in [9.17, 15) is 0 Å². The van der Waals surface area contributed by atoms with E-state index in [2.05, 4.69) is 15.2 Å². The van der Waals surface area contributed by atoms with Crippen LogP contribution >= 0.6 is 0 Å². The Kier molecular flexibility index (Phi) is 8.62. The lowest BCUT2D eigenvalue weighted by Gasteiger charge is -2.30. The molecule has 2 atom stereocenters. The average Bonchev–Trinajstić information content (AvgIpc) is 3.49. The van der Waals surface area contributed by atoms with Gasteiger partial charge >= 0.3 is 6.01 Å². The molecule has 1 aromatic carbocycles. The molecule has 9 nitrogen and oxygen atoms in total. The number of morpholine rings is 1. The van der Waals surface area contributed by atoms with Crippen LogP contribution in [0.4, 0.5) is 20.3 Å². The molecule has 3 aromatic rings. The molecule has 2 saturated heterocycles. The van der Waals surface area contributed by atoms with Crippen LogP contribution in [-0.2, 0) is 15.4 Å². The van der Waals surface area contributed by atoms with E-state index in [1.54, 1.807) is 12.1 Å². The van der Waals surface area contributed by atoms with Crippen LogP contribution in [0.25, 0.3) is 11.0 Å². The van der Waals surface area contributed by atoms with Crippen LogP contribution in [0.5, 0.6) is 6.01 Å². The van der Waals surface area contributed by atoms with Crippen LogP contribution in [0.3, 0.4) is 0 Å². The van der Waals surface area contributed by atoms with Crippen molar-refractivity contribution in [2.75, 3.05) is 70.4 Å². The summed E-state index contributed by atoms with van der Waals surface area (Å²) in [7, 11) is 3.93. The van der Waals surface area contributed by atoms with Crippen LogP contribution in [0.1, 0.15) is 42.6 Å². The van der Waals surface area contributed by atoms with Gasteiger partial charge in [0.15, 0.2) is 5.65 Å². The molecule has 5 rings (SSSR count). The third-order valence-electron chi connectivity index (χ3n) is 7.41. The van der Waals surface area contributed by atoms with Crippen LogP contribution in [-0.4, -0.2) is 86.1 Å².